The molecule has 5 heteroatoms. The number of benzene rings is 1. The van der Waals surface area contributed by atoms with E-state index in [1.165, 1.54) is 0 Å². The second kappa shape index (κ2) is 7.92. The van der Waals surface area contributed by atoms with Gasteiger partial charge in [0, 0.05) is 34.7 Å². The van der Waals surface area contributed by atoms with Gasteiger partial charge in [0.2, 0.25) is 0 Å². The lowest BCUT2D eigenvalue weighted by molar-refractivity contribution is -0.115. The van der Waals surface area contributed by atoms with Crippen molar-refractivity contribution in [2.45, 2.75) is 32.6 Å². The Bertz CT molecular complexity index is 849. The van der Waals surface area contributed by atoms with Gasteiger partial charge in [-0.05, 0) is 43.9 Å². The van der Waals surface area contributed by atoms with E-state index in [1.807, 2.05) is 13.0 Å². The minimum atomic E-state index is -0.249. The van der Waals surface area contributed by atoms with Gasteiger partial charge in [0.05, 0.1) is 7.11 Å². The number of methoxy groups -OCH3 is 1. The predicted molar refractivity (Wildman–Crippen MR) is 103 cm³/mol. The number of fused-ring (bicyclic) bond motifs is 1. The molecule has 1 N–H and O–H groups in total. The van der Waals surface area contributed by atoms with Crippen molar-refractivity contribution in [1.29, 1.82) is 0 Å². The van der Waals surface area contributed by atoms with Gasteiger partial charge in [-0.1, -0.05) is 35.4 Å². The summed E-state index contributed by atoms with van der Waals surface area (Å²) in [5.74, 6) is 0.433. The molecule has 3 rings (SSSR count). The summed E-state index contributed by atoms with van der Waals surface area (Å²) in [5, 5.41) is 3.34. The third-order valence-corrected chi connectivity index (χ3v) is 4.94. The summed E-state index contributed by atoms with van der Waals surface area (Å²) in [5.41, 5.74) is 4.07. The standard InChI is InChI=1S/C21H22ClNO3/c1-13-8-14-6-4-3-5-7-16-17(10-15(22)11-20(16)26-2)21(25)23-12-18(14)19(24)9-13/h3,5,8,10-11H,4,6-7,9,12H2,1-2H3,(H,23,25)/b5-3+. The van der Waals surface area contributed by atoms with Crippen LogP contribution in [0, 0.1) is 0 Å². The Morgan fingerprint density at radius 2 is 2.00 bits per heavy atom. The number of carbonyl (C=O) groups excluding carboxylic acids is 2. The van der Waals surface area contributed by atoms with Gasteiger partial charge in [0.25, 0.3) is 5.91 Å². The van der Waals surface area contributed by atoms with Crippen LogP contribution >= 0.6 is 11.6 Å². The minimum absolute atomic E-state index is 0.0882. The molecule has 0 saturated carbocycles. The van der Waals surface area contributed by atoms with Gasteiger partial charge in [-0.2, -0.15) is 0 Å². The van der Waals surface area contributed by atoms with Crippen molar-refractivity contribution in [3.63, 3.8) is 0 Å². The smallest absolute Gasteiger partial charge is 0.252 e. The quantitative estimate of drug-likeness (QED) is 0.753. The third kappa shape index (κ3) is 3.91. The Kier molecular flexibility index (Phi) is 5.62. The van der Waals surface area contributed by atoms with Crippen LogP contribution in [-0.4, -0.2) is 25.3 Å². The van der Waals surface area contributed by atoms with Crippen LogP contribution in [0.5, 0.6) is 5.75 Å². The molecule has 0 aromatic heterocycles. The van der Waals surface area contributed by atoms with E-state index < -0.39 is 0 Å². The first-order chi connectivity index (χ1) is 12.5. The fourth-order valence-corrected chi connectivity index (χ4v) is 3.65. The molecule has 0 atom stereocenters. The van der Waals surface area contributed by atoms with Crippen LogP contribution < -0.4 is 10.1 Å². The van der Waals surface area contributed by atoms with Gasteiger partial charge in [-0.25, -0.2) is 0 Å². The Morgan fingerprint density at radius 1 is 1.19 bits per heavy atom. The van der Waals surface area contributed by atoms with Gasteiger partial charge in [0.1, 0.15) is 5.75 Å². The number of ketones is 1. The second-order valence-corrected chi connectivity index (χ2v) is 7.06. The Morgan fingerprint density at radius 3 is 2.77 bits per heavy atom. The molecule has 1 aliphatic heterocycles. The second-order valence-electron chi connectivity index (χ2n) is 6.63. The lowest BCUT2D eigenvalue weighted by Crippen LogP contribution is -2.30. The summed E-state index contributed by atoms with van der Waals surface area (Å²) in [6.07, 6.45) is 8.83. The fraction of sp³-hybridized carbons (Fsp3) is 0.333. The van der Waals surface area contributed by atoms with Gasteiger partial charge in [-0.15, -0.1) is 0 Å². The summed E-state index contributed by atoms with van der Waals surface area (Å²) in [7, 11) is 1.57. The van der Waals surface area contributed by atoms with Crippen molar-refractivity contribution in [1.82, 2.24) is 5.32 Å². The molecule has 4 nitrogen and oxygen atoms in total. The number of ether oxygens (including phenoxy) is 1. The monoisotopic (exact) mass is 371 g/mol. The average molecular weight is 372 g/mol. The molecule has 0 saturated heterocycles. The first-order valence-corrected chi connectivity index (χ1v) is 9.09. The SMILES string of the molecule is COc1cc(Cl)cc2c1C/C=C/CCC1=C(CNC2=O)C(=O)CC(C)=C1. The zero-order chi connectivity index (χ0) is 18.7. The zero-order valence-electron chi connectivity index (χ0n) is 15.0. The number of halogens is 1. The fourth-order valence-electron chi connectivity index (χ4n) is 3.44. The van der Waals surface area contributed by atoms with Gasteiger partial charge in [-0.3, -0.25) is 9.59 Å². The number of rotatable bonds is 1. The molecule has 1 aliphatic carbocycles. The number of hydrogen-bond acceptors (Lipinski definition) is 3. The number of carbonyl (C=O) groups is 2. The van der Waals surface area contributed by atoms with E-state index in [0.717, 1.165) is 29.6 Å². The lowest BCUT2D eigenvalue weighted by atomic mass is 9.89. The molecule has 0 fully saturated rings. The maximum Gasteiger partial charge on any atom is 0.252 e. The molecular weight excluding hydrogens is 350 g/mol. The molecule has 1 aromatic rings. The first kappa shape index (κ1) is 18.5. The summed E-state index contributed by atoms with van der Waals surface area (Å²) >= 11 is 6.15. The highest BCUT2D eigenvalue weighted by atomic mass is 35.5. The van der Waals surface area contributed by atoms with E-state index in [1.54, 1.807) is 19.2 Å². The summed E-state index contributed by atoms with van der Waals surface area (Å²) in [6.45, 7) is 2.20. The largest absolute Gasteiger partial charge is 0.496 e. The lowest BCUT2D eigenvalue weighted by Gasteiger charge is -2.20. The van der Waals surface area contributed by atoms with Gasteiger partial charge >= 0.3 is 0 Å². The van der Waals surface area contributed by atoms with E-state index in [0.29, 0.717) is 34.8 Å². The third-order valence-electron chi connectivity index (χ3n) is 4.72. The molecule has 0 bridgehead atoms. The molecule has 1 aromatic carbocycles. The number of Topliss-reactive ketones (excluding diaryl/α,β-unsaturated/α-hetero) is 1. The van der Waals surface area contributed by atoms with Crippen molar-refractivity contribution in [3.8, 4) is 5.75 Å². The van der Waals surface area contributed by atoms with Gasteiger partial charge in [0.15, 0.2) is 5.78 Å². The van der Waals surface area contributed by atoms with Crippen LogP contribution in [0.15, 0.2) is 47.1 Å². The average Bonchev–Trinajstić information content (AvgIpc) is 2.59. The molecule has 136 valence electrons. The van der Waals surface area contributed by atoms with Crippen LogP contribution in [0.1, 0.15) is 42.1 Å². The highest BCUT2D eigenvalue weighted by Crippen LogP contribution is 2.29. The van der Waals surface area contributed by atoms with E-state index in [-0.39, 0.29) is 18.2 Å². The first-order valence-electron chi connectivity index (χ1n) is 8.71. The van der Waals surface area contributed by atoms with E-state index in [9.17, 15) is 9.59 Å². The van der Waals surface area contributed by atoms with Crippen LogP contribution in [-0.2, 0) is 11.2 Å². The summed E-state index contributed by atoms with van der Waals surface area (Å²) < 4.78 is 5.41. The van der Waals surface area contributed by atoms with E-state index in [2.05, 4.69) is 17.5 Å². The van der Waals surface area contributed by atoms with Crippen molar-refractivity contribution in [3.05, 3.63) is 63.2 Å². The van der Waals surface area contributed by atoms with Crippen LogP contribution in [0.2, 0.25) is 5.02 Å². The maximum absolute atomic E-state index is 12.8. The number of allylic oxidation sites excluding steroid dienone is 5. The maximum atomic E-state index is 12.8. The summed E-state index contributed by atoms with van der Waals surface area (Å²) in [6, 6.07) is 3.36. The van der Waals surface area contributed by atoms with Crippen molar-refractivity contribution < 1.29 is 14.3 Å². The number of amides is 1. The highest BCUT2D eigenvalue weighted by Gasteiger charge is 2.22. The van der Waals surface area contributed by atoms with Crippen molar-refractivity contribution in [2.24, 2.45) is 0 Å². The molecular formula is C21H22ClNO3. The van der Waals surface area contributed by atoms with E-state index in [4.69, 9.17) is 16.3 Å². The zero-order valence-corrected chi connectivity index (χ0v) is 15.8. The molecule has 0 unspecified atom stereocenters. The minimum Gasteiger partial charge on any atom is -0.496 e. The Labute approximate surface area is 158 Å². The van der Waals surface area contributed by atoms with Gasteiger partial charge < -0.3 is 10.1 Å². The highest BCUT2D eigenvalue weighted by molar-refractivity contribution is 6.31. The normalized spacial score (nSPS) is 19.4. The van der Waals surface area contributed by atoms with Crippen molar-refractivity contribution >= 4 is 23.3 Å². The summed E-state index contributed by atoms with van der Waals surface area (Å²) in [4.78, 5) is 25.2. The molecule has 26 heavy (non-hydrogen) atoms. The predicted octanol–water partition coefficient (Wildman–Crippen LogP) is 4.19. The topological polar surface area (TPSA) is 55.4 Å². The van der Waals surface area contributed by atoms with Crippen LogP contribution in [0.4, 0.5) is 0 Å². The van der Waals surface area contributed by atoms with Crippen LogP contribution in [0.3, 0.4) is 0 Å². The number of nitrogens with one attached hydrogen (secondary N) is 1. The Hall–Kier alpha value is -2.33. The molecule has 2 aliphatic rings. The van der Waals surface area contributed by atoms with E-state index >= 15 is 0 Å². The van der Waals surface area contributed by atoms with Crippen molar-refractivity contribution in [2.75, 3.05) is 13.7 Å². The number of hydrogen-bond donors (Lipinski definition) is 1. The molecule has 1 amide bonds. The molecule has 0 spiro atoms. The Balaban J connectivity index is 2.01. The molecule has 1 heterocycles. The molecule has 0 radical (unpaired) electrons. The van der Waals surface area contributed by atoms with Crippen LogP contribution in [0.25, 0.3) is 0 Å².